The highest BCUT2D eigenvalue weighted by molar-refractivity contribution is 5.69. The molecule has 2 fully saturated rings. The molecular weight excluding hydrogens is 314 g/mol. The predicted molar refractivity (Wildman–Crippen MR) is 103 cm³/mol. The summed E-state index contributed by atoms with van der Waals surface area (Å²) in [6, 6.07) is 1.39. The minimum absolute atomic E-state index is 0.0628. The molecular formula is C20H39N3O2. The van der Waals surface area contributed by atoms with E-state index in [9.17, 15) is 4.79 Å². The van der Waals surface area contributed by atoms with Crippen LogP contribution in [0.2, 0.25) is 0 Å². The average Bonchev–Trinajstić information content (AvgIpc) is 2.65. The molecule has 0 spiro atoms. The Labute approximate surface area is 154 Å². The predicted octanol–water partition coefficient (Wildman–Crippen LogP) is 2.65. The number of unbranched alkanes of at least 4 members (excludes halogenated alkanes) is 1. The van der Waals surface area contributed by atoms with E-state index in [1.807, 2.05) is 6.92 Å². The molecule has 0 bridgehead atoms. The van der Waals surface area contributed by atoms with E-state index in [0.29, 0.717) is 19.1 Å². The lowest BCUT2D eigenvalue weighted by Gasteiger charge is -2.38. The maximum atomic E-state index is 11.5. The van der Waals surface area contributed by atoms with Gasteiger partial charge in [0.25, 0.3) is 0 Å². The third-order valence-electron chi connectivity index (χ3n) is 5.72. The molecule has 146 valence electrons. The van der Waals surface area contributed by atoms with Crippen LogP contribution in [0.1, 0.15) is 65.2 Å². The Hall–Kier alpha value is -0.650. The Morgan fingerprint density at radius 3 is 2.60 bits per heavy atom. The second-order valence-corrected chi connectivity index (χ2v) is 7.62. The monoisotopic (exact) mass is 353 g/mol. The van der Waals surface area contributed by atoms with Gasteiger partial charge < -0.3 is 15.0 Å². The molecule has 0 aliphatic carbocycles. The molecule has 25 heavy (non-hydrogen) atoms. The van der Waals surface area contributed by atoms with Crippen molar-refractivity contribution in [1.82, 2.24) is 15.1 Å². The maximum absolute atomic E-state index is 11.5. The van der Waals surface area contributed by atoms with Gasteiger partial charge in [0, 0.05) is 25.2 Å². The molecule has 2 aliphatic heterocycles. The molecule has 0 unspecified atom stereocenters. The highest BCUT2D eigenvalue weighted by atomic mass is 16.5. The number of hydrogen-bond acceptors (Lipinski definition) is 5. The van der Waals surface area contributed by atoms with Crippen LogP contribution < -0.4 is 5.32 Å². The number of hydrogen-bond donors (Lipinski definition) is 1. The summed E-state index contributed by atoms with van der Waals surface area (Å²) >= 11 is 0. The number of nitrogens with zero attached hydrogens (tertiary/aromatic N) is 2. The molecule has 2 heterocycles. The SMILES string of the molecule is CCCCN1CCCC[C@H]1CNC1CCN(CCC(=O)OCC)CC1. The Bertz CT molecular complexity index is 370. The van der Waals surface area contributed by atoms with Gasteiger partial charge in [0.1, 0.15) is 0 Å². The fraction of sp³-hybridized carbons (Fsp3) is 0.950. The van der Waals surface area contributed by atoms with E-state index >= 15 is 0 Å². The quantitative estimate of drug-likeness (QED) is 0.612. The zero-order valence-electron chi connectivity index (χ0n) is 16.5. The zero-order chi connectivity index (χ0) is 17.9. The fourth-order valence-electron chi connectivity index (χ4n) is 4.09. The number of carbonyl (C=O) groups excluding carboxylic acids is 1. The van der Waals surface area contributed by atoms with E-state index in [2.05, 4.69) is 22.0 Å². The molecule has 0 aromatic heterocycles. The highest BCUT2D eigenvalue weighted by Gasteiger charge is 2.24. The smallest absolute Gasteiger partial charge is 0.307 e. The van der Waals surface area contributed by atoms with Gasteiger partial charge in [-0.2, -0.15) is 0 Å². The van der Waals surface area contributed by atoms with Crippen LogP contribution in [0.4, 0.5) is 0 Å². The largest absolute Gasteiger partial charge is 0.466 e. The van der Waals surface area contributed by atoms with Crippen molar-refractivity contribution >= 4 is 5.97 Å². The number of ether oxygens (including phenoxy) is 1. The molecule has 5 nitrogen and oxygen atoms in total. The number of rotatable bonds is 10. The maximum Gasteiger partial charge on any atom is 0.307 e. The van der Waals surface area contributed by atoms with E-state index in [0.717, 1.165) is 32.2 Å². The van der Waals surface area contributed by atoms with Gasteiger partial charge >= 0.3 is 5.97 Å². The van der Waals surface area contributed by atoms with Gasteiger partial charge in [-0.05, 0) is 65.2 Å². The van der Waals surface area contributed by atoms with Gasteiger partial charge in [0.15, 0.2) is 0 Å². The molecule has 5 heteroatoms. The van der Waals surface area contributed by atoms with Crippen molar-refractivity contribution in [3.8, 4) is 0 Å². The van der Waals surface area contributed by atoms with Gasteiger partial charge in [-0.25, -0.2) is 0 Å². The topological polar surface area (TPSA) is 44.8 Å². The second-order valence-electron chi connectivity index (χ2n) is 7.62. The number of esters is 1. The normalized spacial score (nSPS) is 23.7. The minimum Gasteiger partial charge on any atom is -0.466 e. The first kappa shape index (κ1) is 20.7. The molecule has 2 rings (SSSR count). The Morgan fingerprint density at radius 2 is 1.88 bits per heavy atom. The van der Waals surface area contributed by atoms with Crippen molar-refractivity contribution in [2.75, 3.05) is 45.9 Å². The van der Waals surface area contributed by atoms with Gasteiger partial charge in [-0.15, -0.1) is 0 Å². The van der Waals surface area contributed by atoms with Crippen molar-refractivity contribution < 1.29 is 9.53 Å². The molecule has 1 atom stereocenters. The van der Waals surface area contributed by atoms with Gasteiger partial charge in [-0.3, -0.25) is 9.69 Å². The molecule has 2 saturated heterocycles. The lowest BCUT2D eigenvalue weighted by Crippen LogP contribution is -2.50. The van der Waals surface area contributed by atoms with Gasteiger partial charge in [0.2, 0.25) is 0 Å². The number of piperidine rings is 2. The van der Waals surface area contributed by atoms with Crippen molar-refractivity contribution in [2.45, 2.75) is 77.3 Å². The summed E-state index contributed by atoms with van der Waals surface area (Å²) in [6.45, 7) is 11.4. The third-order valence-corrected chi connectivity index (χ3v) is 5.72. The van der Waals surface area contributed by atoms with Crippen LogP contribution in [0.25, 0.3) is 0 Å². The average molecular weight is 354 g/mol. The van der Waals surface area contributed by atoms with Crippen molar-refractivity contribution in [2.24, 2.45) is 0 Å². The summed E-state index contributed by atoms with van der Waals surface area (Å²) in [5.41, 5.74) is 0. The Kier molecular flexibility index (Phi) is 9.81. The standard InChI is InChI=1S/C20H39N3O2/c1-3-5-12-23-13-7-6-8-19(23)17-21-18-9-14-22(15-10-18)16-11-20(24)25-4-2/h18-19,21H,3-17H2,1-2H3/t19-/m0/s1. The lowest BCUT2D eigenvalue weighted by atomic mass is 9.99. The summed E-state index contributed by atoms with van der Waals surface area (Å²) in [4.78, 5) is 16.6. The van der Waals surface area contributed by atoms with Crippen LogP contribution in [0.15, 0.2) is 0 Å². The number of carbonyl (C=O) groups is 1. The van der Waals surface area contributed by atoms with Crippen LogP contribution in [-0.2, 0) is 9.53 Å². The van der Waals surface area contributed by atoms with Gasteiger partial charge in [0.05, 0.1) is 13.0 Å². The fourth-order valence-corrected chi connectivity index (χ4v) is 4.09. The van der Waals surface area contributed by atoms with E-state index in [1.54, 1.807) is 0 Å². The molecule has 1 N–H and O–H groups in total. The first-order chi connectivity index (χ1) is 12.2. The van der Waals surface area contributed by atoms with E-state index in [-0.39, 0.29) is 5.97 Å². The summed E-state index contributed by atoms with van der Waals surface area (Å²) in [6.07, 6.45) is 9.67. The Morgan fingerprint density at radius 1 is 1.08 bits per heavy atom. The lowest BCUT2D eigenvalue weighted by molar-refractivity contribution is -0.143. The second kappa shape index (κ2) is 11.9. The van der Waals surface area contributed by atoms with E-state index in [1.165, 1.54) is 58.0 Å². The van der Waals surface area contributed by atoms with Crippen molar-refractivity contribution in [3.05, 3.63) is 0 Å². The van der Waals surface area contributed by atoms with E-state index in [4.69, 9.17) is 4.74 Å². The van der Waals surface area contributed by atoms with Crippen LogP contribution in [0.3, 0.4) is 0 Å². The molecule has 0 aromatic rings. The van der Waals surface area contributed by atoms with Crippen LogP contribution in [-0.4, -0.2) is 73.7 Å². The minimum atomic E-state index is -0.0628. The summed E-state index contributed by atoms with van der Waals surface area (Å²) in [5, 5.41) is 3.84. The summed E-state index contributed by atoms with van der Waals surface area (Å²) in [7, 11) is 0. The number of nitrogens with one attached hydrogen (secondary N) is 1. The summed E-state index contributed by atoms with van der Waals surface area (Å²) in [5.74, 6) is -0.0628. The van der Waals surface area contributed by atoms with Crippen molar-refractivity contribution in [1.29, 1.82) is 0 Å². The molecule has 0 aromatic carbocycles. The van der Waals surface area contributed by atoms with Crippen LogP contribution in [0, 0.1) is 0 Å². The first-order valence-electron chi connectivity index (χ1n) is 10.6. The Balaban J connectivity index is 1.61. The van der Waals surface area contributed by atoms with Crippen LogP contribution in [0.5, 0.6) is 0 Å². The van der Waals surface area contributed by atoms with Crippen LogP contribution >= 0.6 is 0 Å². The molecule has 2 aliphatic rings. The van der Waals surface area contributed by atoms with Crippen molar-refractivity contribution in [3.63, 3.8) is 0 Å². The highest BCUT2D eigenvalue weighted by Crippen LogP contribution is 2.18. The summed E-state index contributed by atoms with van der Waals surface area (Å²) < 4.78 is 5.02. The molecule has 0 amide bonds. The zero-order valence-corrected chi connectivity index (χ0v) is 16.5. The number of likely N-dealkylation sites (tertiary alicyclic amines) is 2. The molecule has 0 radical (unpaired) electrons. The van der Waals surface area contributed by atoms with Gasteiger partial charge in [-0.1, -0.05) is 19.8 Å². The van der Waals surface area contributed by atoms with E-state index < -0.39 is 0 Å². The first-order valence-corrected chi connectivity index (χ1v) is 10.6. The third kappa shape index (κ3) is 7.63. The molecule has 0 saturated carbocycles.